The van der Waals surface area contributed by atoms with Crippen LogP contribution < -0.4 is 10.2 Å². The van der Waals surface area contributed by atoms with E-state index in [9.17, 15) is 4.79 Å². The van der Waals surface area contributed by atoms with Crippen LogP contribution in [0.4, 0.5) is 5.82 Å². The Morgan fingerprint density at radius 3 is 3.08 bits per heavy atom. The molecule has 0 aromatic carbocycles. The monoisotopic (exact) mass is 358 g/mol. The molecule has 7 nitrogen and oxygen atoms in total. The van der Waals surface area contributed by atoms with Crippen LogP contribution >= 0.6 is 0 Å². The number of carbonyl (C=O) groups is 1. The fourth-order valence-electron chi connectivity index (χ4n) is 3.20. The van der Waals surface area contributed by atoms with Crippen LogP contribution in [0.25, 0.3) is 0 Å². The number of pyridine rings is 1. The summed E-state index contributed by atoms with van der Waals surface area (Å²) in [7, 11) is 1.73. The molecule has 1 unspecified atom stereocenters. The zero-order chi connectivity index (χ0) is 18.4. The summed E-state index contributed by atoms with van der Waals surface area (Å²) < 4.78 is 10.4. The second-order valence-corrected chi connectivity index (χ2v) is 6.68. The summed E-state index contributed by atoms with van der Waals surface area (Å²) in [5.74, 6) is 1.94. The van der Waals surface area contributed by atoms with Crippen molar-refractivity contribution < 1.29 is 14.1 Å². The highest BCUT2D eigenvalue weighted by Crippen LogP contribution is 2.22. The highest BCUT2D eigenvalue weighted by atomic mass is 16.5. The summed E-state index contributed by atoms with van der Waals surface area (Å²) >= 11 is 0. The number of amides is 1. The lowest BCUT2D eigenvalue weighted by Gasteiger charge is -2.17. The first-order chi connectivity index (χ1) is 12.7. The fourth-order valence-corrected chi connectivity index (χ4v) is 3.20. The van der Waals surface area contributed by atoms with Crippen molar-refractivity contribution in [3.05, 3.63) is 41.4 Å². The summed E-state index contributed by atoms with van der Waals surface area (Å²) in [5, 5.41) is 6.82. The molecule has 0 bridgehead atoms. The Labute approximate surface area is 153 Å². The van der Waals surface area contributed by atoms with E-state index in [4.69, 9.17) is 9.26 Å². The molecule has 2 aromatic heterocycles. The lowest BCUT2D eigenvalue weighted by Crippen LogP contribution is -2.24. The number of nitrogens with one attached hydrogen (secondary N) is 1. The molecule has 0 aliphatic carbocycles. The Kier molecular flexibility index (Phi) is 6.22. The number of carbonyl (C=O) groups excluding carboxylic acids is 1. The molecule has 1 N–H and O–H groups in total. The van der Waals surface area contributed by atoms with Gasteiger partial charge in [-0.05, 0) is 25.0 Å². The third-order valence-corrected chi connectivity index (χ3v) is 4.56. The van der Waals surface area contributed by atoms with Crippen molar-refractivity contribution in [2.24, 2.45) is 5.92 Å². The van der Waals surface area contributed by atoms with Gasteiger partial charge in [-0.1, -0.05) is 18.5 Å². The number of aryl methyl sites for hydroxylation is 1. The van der Waals surface area contributed by atoms with Gasteiger partial charge in [0.25, 0.3) is 5.91 Å². The molecule has 3 rings (SSSR count). The lowest BCUT2D eigenvalue weighted by molar-refractivity contribution is 0.0946. The first kappa shape index (κ1) is 18.4. The molecular formula is C19H26N4O3. The number of hydrogen-bond donors (Lipinski definition) is 1. The highest BCUT2D eigenvalue weighted by Gasteiger charge is 2.23. The molecule has 1 atom stereocenters. The minimum absolute atomic E-state index is 0.170. The van der Waals surface area contributed by atoms with Gasteiger partial charge in [-0.2, -0.15) is 0 Å². The van der Waals surface area contributed by atoms with Crippen molar-refractivity contribution in [1.82, 2.24) is 15.5 Å². The molecule has 1 aliphatic rings. The minimum Gasteiger partial charge on any atom is -0.384 e. The summed E-state index contributed by atoms with van der Waals surface area (Å²) in [6, 6.07) is 5.59. The molecule has 0 spiro atoms. The van der Waals surface area contributed by atoms with Gasteiger partial charge in [0.15, 0.2) is 5.76 Å². The summed E-state index contributed by atoms with van der Waals surface area (Å²) in [6.07, 6.45) is 4.62. The highest BCUT2D eigenvalue weighted by molar-refractivity contribution is 5.93. The number of aromatic nitrogens is 2. The van der Waals surface area contributed by atoms with Crippen LogP contribution in [0.3, 0.4) is 0 Å². The molecule has 0 radical (unpaired) electrons. The molecule has 0 saturated carbocycles. The quantitative estimate of drug-likeness (QED) is 0.781. The average Bonchev–Trinajstić information content (AvgIpc) is 3.30. The maximum absolute atomic E-state index is 12.3. The van der Waals surface area contributed by atoms with Gasteiger partial charge >= 0.3 is 0 Å². The van der Waals surface area contributed by atoms with E-state index in [1.54, 1.807) is 13.3 Å². The smallest absolute Gasteiger partial charge is 0.253 e. The number of methoxy groups -OCH3 is 1. The minimum atomic E-state index is -0.170. The van der Waals surface area contributed by atoms with E-state index in [0.29, 0.717) is 23.8 Å². The van der Waals surface area contributed by atoms with Gasteiger partial charge in [0.1, 0.15) is 5.82 Å². The Morgan fingerprint density at radius 2 is 2.35 bits per heavy atom. The van der Waals surface area contributed by atoms with E-state index < -0.39 is 0 Å². The molecule has 26 heavy (non-hydrogen) atoms. The van der Waals surface area contributed by atoms with Crippen molar-refractivity contribution in [1.29, 1.82) is 0 Å². The second kappa shape index (κ2) is 8.80. The number of rotatable bonds is 8. The van der Waals surface area contributed by atoms with Crippen LogP contribution in [0.1, 0.15) is 41.6 Å². The van der Waals surface area contributed by atoms with Gasteiger partial charge in [-0.3, -0.25) is 4.79 Å². The first-order valence-electron chi connectivity index (χ1n) is 9.12. The topological polar surface area (TPSA) is 80.5 Å². The number of ether oxygens (including phenoxy) is 1. The Bertz CT molecular complexity index is 714. The zero-order valence-electron chi connectivity index (χ0n) is 15.4. The van der Waals surface area contributed by atoms with Crippen LogP contribution in [-0.4, -0.2) is 42.9 Å². The average molecular weight is 358 g/mol. The standard InChI is InChI=1S/C19H26N4O3/c1-3-4-16-9-17(26-22-16)11-21-19(24)15-5-6-18(20-10-15)23-8-7-14(12-23)13-25-2/h5-6,9-10,14H,3-4,7-8,11-13H2,1-2H3,(H,21,24). The zero-order valence-corrected chi connectivity index (χ0v) is 15.4. The lowest BCUT2D eigenvalue weighted by atomic mass is 10.1. The number of hydrogen-bond acceptors (Lipinski definition) is 6. The molecule has 3 heterocycles. The predicted octanol–water partition coefficient (Wildman–Crippen LogP) is 2.42. The summed E-state index contributed by atoms with van der Waals surface area (Å²) in [6.45, 7) is 5.10. The molecule has 1 saturated heterocycles. The van der Waals surface area contributed by atoms with E-state index in [1.165, 1.54) is 0 Å². The molecule has 2 aromatic rings. The Hall–Kier alpha value is -2.41. The third-order valence-electron chi connectivity index (χ3n) is 4.56. The van der Waals surface area contributed by atoms with Gasteiger partial charge < -0.3 is 19.5 Å². The largest absolute Gasteiger partial charge is 0.384 e. The van der Waals surface area contributed by atoms with Crippen LogP contribution in [0, 0.1) is 5.92 Å². The summed E-state index contributed by atoms with van der Waals surface area (Å²) in [4.78, 5) is 19.0. The fraction of sp³-hybridized carbons (Fsp3) is 0.526. The SMILES string of the molecule is CCCc1cc(CNC(=O)c2ccc(N3CCC(COC)C3)nc2)on1. The molecule has 1 aliphatic heterocycles. The first-order valence-corrected chi connectivity index (χ1v) is 9.12. The Morgan fingerprint density at radius 1 is 1.46 bits per heavy atom. The third kappa shape index (κ3) is 4.60. The molecule has 7 heteroatoms. The van der Waals surface area contributed by atoms with Gasteiger partial charge in [0.2, 0.25) is 0 Å². The van der Waals surface area contributed by atoms with Gasteiger partial charge in [-0.25, -0.2) is 4.98 Å². The van der Waals surface area contributed by atoms with Crippen molar-refractivity contribution in [2.75, 3.05) is 31.7 Å². The van der Waals surface area contributed by atoms with Crippen molar-refractivity contribution in [3.63, 3.8) is 0 Å². The molecule has 1 amide bonds. The van der Waals surface area contributed by atoms with Crippen molar-refractivity contribution in [3.8, 4) is 0 Å². The van der Waals surface area contributed by atoms with E-state index in [0.717, 1.165) is 50.5 Å². The normalized spacial score (nSPS) is 16.8. The van der Waals surface area contributed by atoms with Crippen LogP contribution in [0.15, 0.2) is 28.9 Å². The second-order valence-electron chi connectivity index (χ2n) is 6.68. The van der Waals surface area contributed by atoms with Crippen molar-refractivity contribution in [2.45, 2.75) is 32.7 Å². The number of anilines is 1. The van der Waals surface area contributed by atoms with Gasteiger partial charge in [0.05, 0.1) is 24.4 Å². The van der Waals surface area contributed by atoms with E-state index in [2.05, 4.69) is 27.3 Å². The molecule has 140 valence electrons. The van der Waals surface area contributed by atoms with E-state index in [1.807, 2.05) is 18.2 Å². The summed E-state index contributed by atoms with van der Waals surface area (Å²) in [5.41, 5.74) is 1.45. The van der Waals surface area contributed by atoms with Gasteiger partial charge in [0, 0.05) is 38.4 Å². The molecular weight excluding hydrogens is 332 g/mol. The van der Waals surface area contributed by atoms with Crippen molar-refractivity contribution >= 4 is 11.7 Å². The maximum Gasteiger partial charge on any atom is 0.253 e. The predicted molar refractivity (Wildman–Crippen MR) is 98.1 cm³/mol. The maximum atomic E-state index is 12.3. The van der Waals surface area contributed by atoms with Crippen LogP contribution in [0.2, 0.25) is 0 Å². The van der Waals surface area contributed by atoms with Crippen LogP contribution in [-0.2, 0) is 17.7 Å². The van der Waals surface area contributed by atoms with Gasteiger partial charge in [-0.15, -0.1) is 0 Å². The molecule has 1 fully saturated rings. The van der Waals surface area contributed by atoms with E-state index >= 15 is 0 Å². The number of nitrogens with zero attached hydrogens (tertiary/aromatic N) is 3. The van der Waals surface area contributed by atoms with E-state index in [-0.39, 0.29) is 5.91 Å². The Balaban J connectivity index is 1.52. The van der Waals surface area contributed by atoms with Crippen LogP contribution in [0.5, 0.6) is 0 Å².